The molecule has 192 valence electrons. The van der Waals surface area contributed by atoms with Crippen molar-refractivity contribution in [2.24, 2.45) is 0 Å². The molecule has 0 aliphatic heterocycles. The molecule has 0 bridgehead atoms. The summed E-state index contributed by atoms with van der Waals surface area (Å²) in [6.45, 7) is 2.31. The Balaban J connectivity index is 1.28. The van der Waals surface area contributed by atoms with Crippen LogP contribution in [0.3, 0.4) is 0 Å². The Labute approximate surface area is 235 Å². The van der Waals surface area contributed by atoms with Gasteiger partial charge in [-0.3, -0.25) is 4.98 Å². The van der Waals surface area contributed by atoms with Crippen LogP contribution in [0, 0.1) is 0 Å². The molecule has 4 aromatic carbocycles. The molecule has 0 radical (unpaired) electrons. The van der Waals surface area contributed by atoms with Crippen molar-refractivity contribution in [3.8, 4) is 0 Å². The van der Waals surface area contributed by atoms with Crippen molar-refractivity contribution < 1.29 is 0 Å². The van der Waals surface area contributed by atoms with Crippen molar-refractivity contribution in [2.45, 2.75) is 25.6 Å². The van der Waals surface area contributed by atoms with Crippen LogP contribution in [0.2, 0.25) is 6.04 Å². The first-order valence-electron chi connectivity index (χ1n) is 13.9. The van der Waals surface area contributed by atoms with Crippen LogP contribution < -0.4 is 5.72 Å². The van der Waals surface area contributed by atoms with E-state index in [2.05, 4.69) is 145 Å². The fourth-order valence-corrected chi connectivity index (χ4v) is 6.94. The summed E-state index contributed by atoms with van der Waals surface area (Å²) in [4.78, 5) is 4.78. The minimum atomic E-state index is -0.298. The number of rotatable bonds is 11. The molecule has 0 saturated carbocycles. The summed E-state index contributed by atoms with van der Waals surface area (Å²) < 4.78 is 2.39. The zero-order valence-electron chi connectivity index (χ0n) is 22.7. The number of imidazole rings is 1. The molecule has 0 N–H and O–H groups in total. The Bertz CT molecular complexity index is 1470. The summed E-state index contributed by atoms with van der Waals surface area (Å²) in [5.41, 5.74) is 10.4. The number of benzene rings is 4. The van der Waals surface area contributed by atoms with E-state index >= 15 is 0 Å². The van der Waals surface area contributed by atoms with Crippen LogP contribution in [0.4, 0.5) is 0 Å². The van der Waals surface area contributed by atoms with Crippen LogP contribution >= 0.6 is 0 Å². The highest BCUT2D eigenvalue weighted by Gasteiger charge is 2.12. The lowest BCUT2D eigenvalue weighted by molar-refractivity contribution is 0.894. The average molecular weight is 523 g/mol. The molecule has 0 unspecified atom stereocenters. The van der Waals surface area contributed by atoms with Crippen LogP contribution in [-0.4, -0.2) is 26.4 Å². The van der Waals surface area contributed by atoms with Gasteiger partial charge in [-0.15, -0.1) is 0 Å². The van der Waals surface area contributed by atoms with Crippen LogP contribution in [0.1, 0.15) is 35.6 Å². The van der Waals surface area contributed by atoms with E-state index < -0.39 is 0 Å². The number of allylic oxidation sites excluding steroid dienone is 1. The minimum absolute atomic E-state index is 0.298. The van der Waals surface area contributed by atoms with E-state index in [1.54, 1.807) is 0 Å². The summed E-state index contributed by atoms with van der Waals surface area (Å²) in [7, 11) is 0.527. The van der Waals surface area contributed by atoms with Crippen molar-refractivity contribution in [3.05, 3.63) is 162 Å². The Morgan fingerprint density at radius 1 is 0.744 bits per heavy atom. The van der Waals surface area contributed by atoms with Gasteiger partial charge in [-0.2, -0.15) is 0 Å². The second kappa shape index (κ2) is 13.6. The van der Waals surface area contributed by atoms with Crippen LogP contribution in [0.5, 0.6) is 0 Å². The zero-order chi connectivity index (χ0) is 26.7. The first kappa shape index (κ1) is 26.5. The molecule has 0 atom stereocenters. The molecule has 5 aromatic rings. The van der Waals surface area contributed by atoms with E-state index in [0.717, 1.165) is 25.6 Å². The second-order valence-corrected chi connectivity index (χ2v) is 11.9. The monoisotopic (exact) mass is 522 g/mol. The smallest absolute Gasteiger partial charge is 0.239 e. The van der Waals surface area contributed by atoms with Gasteiger partial charge in [-0.25, -0.2) is 0 Å². The van der Waals surface area contributed by atoms with E-state index in [0.29, 0.717) is 0 Å². The van der Waals surface area contributed by atoms with E-state index in [-0.39, 0.29) is 9.52 Å². The Kier molecular flexibility index (Phi) is 9.22. The summed E-state index contributed by atoms with van der Waals surface area (Å²) in [5, 5.41) is 0. The first-order chi connectivity index (χ1) is 19.3. The fraction of sp³-hybridized carbons (Fsp3) is 0.114. The summed E-state index contributed by atoms with van der Waals surface area (Å²) in [5.74, 6) is 0. The van der Waals surface area contributed by atoms with E-state index in [9.17, 15) is 0 Å². The lowest BCUT2D eigenvalue weighted by Gasteiger charge is -2.14. The van der Waals surface area contributed by atoms with Gasteiger partial charge in [0, 0.05) is 28.1 Å². The molecular formula is C35H35BN2Si. The maximum Gasteiger partial charge on any atom is 0.239 e. The number of nitrogens with zero attached hydrogens (tertiary/aromatic N) is 2. The third-order valence-corrected chi connectivity index (χ3v) is 8.84. The molecule has 1 heterocycles. The van der Waals surface area contributed by atoms with Gasteiger partial charge in [0.1, 0.15) is 0 Å². The molecule has 0 saturated heterocycles. The van der Waals surface area contributed by atoms with Crippen molar-refractivity contribution in [3.63, 3.8) is 0 Å². The Morgan fingerprint density at radius 2 is 1.28 bits per heavy atom. The maximum absolute atomic E-state index is 4.78. The lowest BCUT2D eigenvalue weighted by atomic mass is 9.65. The van der Waals surface area contributed by atoms with Crippen LogP contribution in [-0.2, 0) is 6.17 Å². The highest BCUT2D eigenvalue weighted by Crippen LogP contribution is 2.28. The molecule has 2 nitrogen and oxygen atoms in total. The fourth-order valence-electron chi connectivity index (χ4n) is 5.19. The molecule has 5 rings (SSSR count). The maximum atomic E-state index is 4.78. The predicted octanol–water partition coefficient (Wildman–Crippen LogP) is 6.60. The van der Waals surface area contributed by atoms with E-state index in [1.165, 1.54) is 44.9 Å². The number of hydrogen-bond donors (Lipinski definition) is 0. The molecule has 1 aromatic heterocycles. The molecule has 0 fully saturated rings. The predicted molar refractivity (Wildman–Crippen MR) is 172 cm³/mol. The lowest BCUT2D eigenvalue weighted by Crippen LogP contribution is -2.29. The molecule has 39 heavy (non-hydrogen) atoms. The highest BCUT2D eigenvalue weighted by molar-refractivity contribution is 6.73. The topological polar surface area (TPSA) is 17.8 Å². The zero-order valence-corrected chi connectivity index (χ0v) is 24.1. The number of aromatic nitrogens is 2. The molecule has 4 heteroatoms. The average Bonchev–Trinajstić information content (AvgIpc) is 3.44. The van der Waals surface area contributed by atoms with Gasteiger partial charge < -0.3 is 4.57 Å². The van der Waals surface area contributed by atoms with Gasteiger partial charge in [0.05, 0.1) is 5.72 Å². The second-order valence-electron chi connectivity index (χ2n) is 10.0. The summed E-state index contributed by atoms with van der Waals surface area (Å²) in [6.07, 6.45) is 8.67. The van der Waals surface area contributed by atoms with Gasteiger partial charge in [-0.05, 0) is 41.2 Å². The van der Waals surface area contributed by atoms with Crippen molar-refractivity contribution >= 4 is 39.6 Å². The van der Waals surface area contributed by atoms with Gasteiger partial charge in [0.15, 0.2) is 0 Å². The van der Waals surface area contributed by atoms with Crippen molar-refractivity contribution in [2.75, 3.05) is 0 Å². The van der Waals surface area contributed by atoms with Gasteiger partial charge in [0.2, 0.25) is 7.28 Å². The van der Waals surface area contributed by atoms with Gasteiger partial charge in [0.25, 0.3) is 0 Å². The quantitative estimate of drug-likeness (QED) is 0.109. The summed E-state index contributed by atoms with van der Waals surface area (Å²) >= 11 is 0. The van der Waals surface area contributed by atoms with Crippen LogP contribution in [0.15, 0.2) is 139 Å². The number of hydrogen-bond acceptors (Lipinski definition) is 1. The molecule has 0 amide bonds. The normalized spacial score (nSPS) is 11.6. The minimum Gasteiger partial charge on any atom is -0.346 e. The largest absolute Gasteiger partial charge is 0.346 e. The Morgan fingerprint density at radius 3 is 1.87 bits per heavy atom. The van der Waals surface area contributed by atoms with E-state index in [1.807, 2.05) is 6.20 Å². The van der Waals surface area contributed by atoms with Crippen LogP contribution in [0.25, 0.3) is 17.1 Å². The molecule has 0 aliphatic rings. The van der Waals surface area contributed by atoms with Gasteiger partial charge >= 0.3 is 0 Å². The van der Waals surface area contributed by atoms with Crippen molar-refractivity contribution in [1.29, 1.82) is 0 Å². The third-order valence-electron chi connectivity index (χ3n) is 7.19. The molecular weight excluding hydrogens is 487 g/mol. The van der Waals surface area contributed by atoms with E-state index in [4.69, 9.17) is 4.98 Å². The Hall–Kier alpha value is -4.15. The molecule has 0 spiro atoms. The third kappa shape index (κ3) is 7.24. The van der Waals surface area contributed by atoms with Crippen molar-refractivity contribution in [1.82, 2.24) is 9.55 Å². The SMILES string of the molecule is CC(CC[SiH2]Cn1ccnc1BC(=Cc1ccccc1)c1ccccc1)=C(c1ccccc1)c1ccccc1. The molecule has 0 aliphatic carbocycles. The van der Waals surface area contributed by atoms with Gasteiger partial charge in [-0.1, -0.05) is 144 Å². The highest BCUT2D eigenvalue weighted by atomic mass is 28.2. The first-order valence-corrected chi connectivity index (χ1v) is 15.9. The standard InChI is InChI=1S/C35H35BN2Si/c1-28(34(31-18-10-4-11-19-31)32-20-12-5-13-21-32)22-25-39-27-38-24-23-37-35(38)36-33(30-16-8-3-9-17-30)26-29-14-6-2-7-15-29/h2-21,23-24,26,36H,22,25,27,39H2,1H3. The summed E-state index contributed by atoms with van der Waals surface area (Å²) in [6, 6.07) is 44.2.